The molecule has 1 rings (SSSR count). The lowest BCUT2D eigenvalue weighted by molar-refractivity contribution is 0.119. The van der Waals surface area contributed by atoms with E-state index in [1.807, 2.05) is 0 Å². The highest BCUT2D eigenvalue weighted by Crippen LogP contribution is 2.18. The van der Waals surface area contributed by atoms with Gasteiger partial charge in [0.15, 0.2) is 0 Å². The molecule has 1 aromatic rings. The van der Waals surface area contributed by atoms with Gasteiger partial charge in [0.25, 0.3) is 0 Å². The first-order valence-corrected chi connectivity index (χ1v) is 3.92. The molecule has 0 atom stereocenters. The van der Waals surface area contributed by atoms with E-state index in [0.29, 0.717) is 0 Å². The standard InChI is InChI=1S/C8H10N2O5/c1-12-5-4-6(15-8(11)14-3)10-7(9-5)13-2/h4H,1-3H3. The van der Waals surface area contributed by atoms with Crippen molar-refractivity contribution in [3.8, 4) is 17.8 Å². The first-order chi connectivity index (χ1) is 7.19. The summed E-state index contributed by atoms with van der Waals surface area (Å²) in [5.74, 6) is 0.214. The van der Waals surface area contributed by atoms with E-state index >= 15 is 0 Å². The Morgan fingerprint density at radius 1 is 1.13 bits per heavy atom. The molecule has 0 spiro atoms. The van der Waals surface area contributed by atoms with Crippen LogP contribution in [0.15, 0.2) is 6.07 Å². The second-order valence-corrected chi connectivity index (χ2v) is 2.29. The lowest BCUT2D eigenvalue weighted by Crippen LogP contribution is -2.09. The van der Waals surface area contributed by atoms with Crippen molar-refractivity contribution in [2.45, 2.75) is 0 Å². The first-order valence-electron chi connectivity index (χ1n) is 3.92. The number of rotatable bonds is 3. The van der Waals surface area contributed by atoms with Gasteiger partial charge in [-0.15, -0.1) is 0 Å². The zero-order chi connectivity index (χ0) is 11.3. The van der Waals surface area contributed by atoms with Crippen LogP contribution in [0.4, 0.5) is 4.79 Å². The van der Waals surface area contributed by atoms with Gasteiger partial charge in [-0.1, -0.05) is 0 Å². The summed E-state index contributed by atoms with van der Waals surface area (Å²) in [6.45, 7) is 0. The lowest BCUT2D eigenvalue weighted by Gasteiger charge is -2.05. The smallest absolute Gasteiger partial charge is 0.481 e. The van der Waals surface area contributed by atoms with E-state index in [2.05, 4.69) is 19.4 Å². The number of nitrogens with zero attached hydrogens (tertiary/aromatic N) is 2. The Kier molecular flexibility index (Phi) is 3.67. The number of carbonyl (C=O) groups excluding carboxylic acids is 1. The summed E-state index contributed by atoms with van der Waals surface area (Å²) in [6.07, 6.45) is -0.877. The molecule has 0 saturated carbocycles. The molecule has 0 aromatic carbocycles. The summed E-state index contributed by atoms with van der Waals surface area (Å²) < 4.78 is 18.6. The van der Waals surface area contributed by atoms with Crippen LogP contribution in [-0.2, 0) is 4.74 Å². The molecule has 82 valence electrons. The van der Waals surface area contributed by atoms with E-state index in [-0.39, 0.29) is 17.8 Å². The predicted octanol–water partition coefficient (Wildman–Crippen LogP) is 0.639. The Balaban J connectivity index is 2.91. The number of hydrogen-bond acceptors (Lipinski definition) is 7. The van der Waals surface area contributed by atoms with Crippen molar-refractivity contribution in [1.29, 1.82) is 0 Å². The minimum atomic E-state index is -0.877. The molecule has 0 amide bonds. The molecule has 15 heavy (non-hydrogen) atoms. The minimum absolute atomic E-state index is 0.00875. The fourth-order valence-electron chi connectivity index (χ4n) is 0.759. The third-order valence-electron chi connectivity index (χ3n) is 1.40. The van der Waals surface area contributed by atoms with Crippen LogP contribution in [0.1, 0.15) is 0 Å². The molecular weight excluding hydrogens is 204 g/mol. The van der Waals surface area contributed by atoms with Crippen LogP contribution in [0, 0.1) is 0 Å². The number of aromatic nitrogens is 2. The van der Waals surface area contributed by atoms with E-state index < -0.39 is 6.16 Å². The van der Waals surface area contributed by atoms with E-state index in [1.54, 1.807) is 0 Å². The fourth-order valence-corrected chi connectivity index (χ4v) is 0.759. The summed E-state index contributed by atoms with van der Waals surface area (Å²) in [5, 5.41) is 0. The molecule has 0 aliphatic heterocycles. The Morgan fingerprint density at radius 3 is 2.33 bits per heavy atom. The van der Waals surface area contributed by atoms with Crippen molar-refractivity contribution in [3.05, 3.63) is 6.07 Å². The Hall–Kier alpha value is -2.05. The molecule has 0 radical (unpaired) electrons. The summed E-state index contributed by atoms with van der Waals surface area (Å²) in [4.78, 5) is 18.4. The quantitative estimate of drug-likeness (QED) is 0.683. The zero-order valence-corrected chi connectivity index (χ0v) is 8.51. The van der Waals surface area contributed by atoms with Gasteiger partial charge in [-0.3, -0.25) is 0 Å². The van der Waals surface area contributed by atoms with E-state index in [4.69, 9.17) is 9.47 Å². The summed E-state index contributed by atoms with van der Waals surface area (Å²) in [6, 6.07) is 1.37. The summed E-state index contributed by atoms with van der Waals surface area (Å²) in [5.41, 5.74) is 0. The van der Waals surface area contributed by atoms with Gasteiger partial charge >= 0.3 is 12.2 Å². The zero-order valence-electron chi connectivity index (χ0n) is 8.51. The normalized spacial score (nSPS) is 9.27. The Morgan fingerprint density at radius 2 is 1.80 bits per heavy atom. The Labute approximate surface area is 85.9 Å². The number of methoxy groups -OCH3 is 3. The Bertz CT molecular complexity index is 333. The van der Waals surface area contributed by atoms with Crippen LogP contribution in [0.2, 0.25) is 0 Å². The molecule has 0 fully saturated rings. The SMILES string of the molecule is COC(=O)Oc1cc(OC)nc(OC)n1. The molecule has 0 N–H and O–H groups in total. The van der Waals surface area contributed by atoms with Gasteiger partial charge in [-0.05, 0) is 0 Å². The molecule has 7 nitrogen and oxygen atoms in total. The lowest BCUT2D eigenvalue weighted by atomic mass is 10.6. The van der Waals surface area contributed by atoms with Crippen molar-refractivity contribution < 1.29 is 23.7 Å². The topological polar surface area (TPSA) is 79.8 Å². The van der Waals surface area contributed by atoms with Crippen LogP contribution in [-0.4, -0.2) is 37.5 Å². The highest BCUT2D eigenvalue weighted by Gasteiger charge is 2.10. The molecule has 0 unspecified atom stereocenters. The molecule has 7 heteroatoms. The molecular formula is C8H10N2O5. The molecule has 1 aromatic heterocycles. The van der Waals surface area contributed by atoms with E-state index in [1.165, 1.54) is 27.4 Å². The fraction of sp³-hybridized carbons (Fsp3) is 0.375. The largest absolute Gasteiger partial charge is 0.514 e. The molecule has 0 bridgehead atoms. The highest BCUT2D eigenvalue weighted by atomic mass is 16.7. The van der Waals surface area contributed by atoms with Crippen LogP contribution in [0.5, 0.6) is 17.8 Å². The molecule has 0 aliphatic carbocycles. The second kappa shape index (κ2) is 4.99. The van der Waals surface area contributed by atoms with Gasteiger partial charge in [0.05, 0.1) is 27.4 Å². The average Bonchev–Trinajstić information content (AvgIpc) is 2.28. The minimum Gasteiger partial charge on any atom is -0.481 e. The maximum atomic E-state index is 10.8. The maximum absolute atomic E-state index is 10.8. The second-order valence-electron chi connectivity index (χ2n) is 2.29. The van der Waals surface area contributed by atoms with E-state index in [9.17, 15) is 4.79 Å². The van der Waals surface area contributed by atoms with Gasteiger partial charge in [-0.25, -0.2) is 4.79 Å². The van der Waals surface area contributed by atoms with Gasteiger partial charge in [0.2, 0.25) is 11.8 Å². The average molecular weight is 214 g/mol. The van der Waals surface area contributed by atoms with Gasteiger partial charge in [-0.2, -0.15) is 9.97 Å². The van der Waals surface area contributed by atoms with Crippen LogP contribution < -0.4 is 14.2 Å². The van der Waals surface area contributed by atoms with E-state index in [0.717, 1.165) is 0 Å². The monoisotopic (exact) mass is 214 g/mol. The third kappa shape index (κ3) is 2.97. The number of hydrogen-bond donors (Lipinski definition) is 0. The predicted molar refractivity (Wildman–Crippen MR) is 48.2 cm³/mol. The van der Waals surface area contributed by atoms with Crippen molar-refractivity contribution in [1.82, 2.24) is 9.97 Å². The molecule has 0 aliphatic rings. The van der Waals surface area contributed by atoms with Crippen molar-refractivity contribution in [3.63, 3.8) is 0 Å². The van der Waals surface area contributed by atoms with Gasteiger partial charge in [0.1, 0.15) is 0 Å². The summed E-state index contributed by atoms with van der Waals surface area (Å²) in [7, 11) is 4.00. The highest BCUT2D eigenvalue weighted by molar-refractivity contribution is 5.62. The third-order valence-corrected chi connectivity index (χ3v) is 1.40. The van der Waals surface area contributed by atoms with Gasteiger partial charge < -0.3 is 18.9 Å². The van der Waals surface area contributed by atoms with Crippen molar-refractivity contribution >= 4 is 6.16 Å². The molecule has 0 saturated heterocycles. The number of ether oxygens (including phenoxy) is 4. The van der Waals surface area contributed by atoms with Gasteiger partial charge in [0, 0.05) is 0 Å². The first kappa shape index (κ1) is 11.0. The van der Waals surface area contributed by atoms with Crippen LogP contribution in [0.25, 0.3) is 0 Å². The van der Waals surface area contributed by atoms with Crippen molar-refractivity contribution in [2.24, 2.45) is 0 Å². The van der Waals surface area contributed by atoms with Crippen LogP contribution in [0.3, 0.4) is 0 Å². The molecule has 1 heterocycles. The number of carbonyl (C=O) groups is 1. The maximum Gasteiger partial charge on any atom is 0.514 e. The van der Waals surface area contributed by atoms with Crippen LogP contribution >= 0.6 is 0 Å². The van der Waals surface area contributed by atoms with Crippen molar-refractivity contribution in [2.75, 3.05) is 21.3 Å². The summed E-state index contributed by atoms with van der Waals surface area (Å²) >= 11 is 0.